The van der Waals surface area contributed by atoms with E-state index >= 15 is 0 Å². The third kappa shape index (κ3) is 2.10. The molecule has 1 aliphatic carbocycles. The molecule has 0 heterocycles. The van der Waals surface area contributed by atoms with Crippen LogP contribution in [0.2, 0.25) is 6.04 Å². The summed E-state index contributed by atoms with van der Waals surface area (Å²) in [6.07, 6.45) is 5.91. The minimum atomic E-state index is 0.150. The van der Waals surface area contributed by atoms with Crippen molar-refractivity contribution in [3.8, 4) is 0 Å². The SMILES string of the molecule is CC[SiH2]N(C)C1CCCC1. The van der Waals surface area contributed by atoms with E-state index < -0.39 is 0 Å². The van der Waals surface area contributed by atoms with Gasteiger partial charge in [-0.1, -0.05) is 25.8 Å². The van der Waals surface area contributed by atoms with E-state index in [1.54, 1.807) is 0 Å². The smallest absolute Gasteiger partial charge is 0.0947 e. The number of nitrogens with zero attached hydrogens (tertiary/aromatic N) is 1. The molecule has 1 fully saturated rings. The molecule has 0 bridgehead atoms. The Bertz CT molecular complexity index is 89.3. The highest BCUT2D eigenvalue weighted by atomic mass is 28.2. The normalized spacial score (nSPS) is 21.9. The number of hydrogen-bond acceptors (Lipinski definition) is 1. The van der Waals surface area contributed by atoms with E-state index in [9.17, 15) is 0 Å². The van der Waals surface area contributed by atoms with Gasteiger partial charge in [-0.2, -0.15) is 0 Å². The fourth-order valence-electron chi connectivity index (χ4n) is 1.88. The Morgan fingerprint density at radius 1 is 1.40 bits per heavy atom. The summed E-state index contributed by atoms with van der Waals surface area (Å²) < 4.78 is 2.66. The fourth-order valence-corrected chi connectivity index (χ4v) is 3.32. The zero-order valence-electron chi connectivity index (χ0n) is 7.27. The minimum Gasteiger partial charge on any atom is -0.329 e. The number of hydrogen-bond donors (Lipinski definition) is 0. The van der Waals surface area contributed by atoms with Crippen molar-refractivity contribution in [1.82, 2.24) is 4.57 Å². The van der Waals surface area contributed by atoms with E-state index in [2.05, 4.69) is 18.5 Å². The molecular formula is C8H19NSi. The van der Waals surface area contributed by atoms with E-state index in [0.717, 1.165) is 6.04 Å². The lowest BCUT2D eigenvalue weighted by Crippen LogP contribution is -2.31. The van der Waals surface area contributed by atoms with Gasteiger partial charge >= 0.3 is 0 Å². The van der Waals surface area contributed by atoms with Crippen molar-refractivity contribution in [2.24, 2.45) is 0 Å². The van der Waals surface area contributed by atoms with Crippen LogP contribution in [-0.2, 0) is 0 Å². The molecular weight excluding hydrogens is 138 g/mol. The highest BCUT2D eigenvalue weighted by Gasteiger charge is 2.17. The molecule has 0 N–H and O–H groups in total. The lowest BCUT2D eigenvalue weighted by atomic mass is 10.3. The Kier molecular flexibility index (Phi) is 3.42. The molecule has 0 aromatic rings. The summed E-state index contributed by atoms with van der Waals surface area (Å²) >= 11 is 0. The van der Waals surface area contributed by atoms with Crippen LogP contribution in [0.3, 0.4) is 0 Å². The van der Waals surface area contributed by atoms with Crippen LogP contribution in [-0.4, -0.2) is 27.3 Å². The van der Waals surface area contributed by atoms with E-state index in [1.165, 1.54) is 31.7 Å². The van der Waals surface area contributed by atoms with Crippen LogP contribution in [0, 0.1) is 0 Å². The van der Waals surface area contributed by atoms with Crippen LogP contribution >= 0.6 is 0 Å². The van der Waals surface area contributed by atoms with Gasteiger partial charge in [0.2, 0.25) is 0 Å². The van der Waals surface area contributed by atoms with Gasteiger partial charge in [0.25, 0.3) is 0 Å². The highest BCUT2D eigenvalue weighted by Crippen LogP contribution is 2.21. The molecule has 1 saturated carbocycles. The van der Waals surface area contributed by atoms with Crippen LogP contribution in [0.1, 0.15) is 32.6 Å². The van der Waals surface area contributed by atoms with Gasteiger partial charge in [-0.15, -0.1) is 0 Å². The monoisotopic (exact) mass is 157 g/mol. The van der Waals surface area contributed by atoms with Crippen molar-refractivity contribution in [3.05, 3.63) is 0 Å². The predicted molar refractivity (Wildman–Crippen MR) is 49.0 cm³/mol. The van der Waals surface area contributed by atoms with Gasteiger partial charge in [-0.25, -0.2) is 0 Å². The molecule has 0 spiro atoms. The quantitative estimate of drug-likeness (QED) is 0.560. The zero-order valence-corrected chi connectivity index (χ0v) is 8.68. The molecule has 0 aromatic heterocycles. The van der Waals surface area contributed by atoms with E-state index in [-0.39, 0.29) is 9.68 Å². The van der Waals surface area contributed by atoms with Gasteiger partial charge < -0.3 is 4.57 Å². The second-order valence-electron chi connectivity index (χ2n) is 3.42. The highest BCUT2D eigenvalue weighted by molar-refractivity contribution is 6.31. The molecule has 0 saturated heterocycles. The van der Waals surface area contributed by atoms with Crippen molar-refractivity contribution < 1.29 is 0 Å². The fraction of sp³-hybridized carbons (Fsp3) is 1.00. The summed E-state index contributed by atoms with van der Waals surface area (Å²) in [5, 5.41) is 0. The molecule has 1 aliphatic rings. The molecule has 0 aromatic carbocycles. The van der Waals surface area contributed by atoms with Gasteiger partial charge in [-0.05, 0) is 19.9 Å². The van der Waals surface area contributed by atoms with E-state index in [1.807, 2.05) is 0 Å². The maximum Gasteiger partial charge on any atom is 0.0947 e. The maximum atomic E-state index is 2.66. The van der Waals surface area contributed by atoms with Gasteiger partial charge in [0.1, 0.15) is 0 Å². The van der Waals surface area contributed by atoms with Crippen LogP contribution in [0.25, 0.3) is 0 Å². The maximum absolute atomic E-state index is 2.66. The minimum absolute atomic E-state index is 0.150. The summed E-state index contributed by atoms with van der Waals surface area (Å²) in [6.45, 7) is 2.32. The molecule has 0 atom stereocenters. The summed E-state index contributed by atoms with van der Waals surface area (Å²) in [5.41, 5.74) is 0. The third-order valence-electron chi connectivity index (χ3n) is 2.52. The van der Waals surface area contributed by atoms with Crippen LogP contribution in [0.5, 0.6) is 0 Å². The Hall–Kier alpha value is 0.177. The summed E-state index contributed by atoms with van der Waals surface area (Å²) in [5.74, 6) is 0. The van der Waals surface area contributed by atoms with Crippen molar-refractivity contribution in [2.45, 2.75) is 44.7 Å². The molecule has 10 heavy (non-hydrogen) atoms. The first-order valence-corrected chi connectivity index (χ1v) is 6.18. The van der Waals surface area contributed by atoms with Crippen molar-refractivity contribution in [3.63, 3.8) is 0 Å². The van der Waals surface area contributed by atoms with Crippen LogP contribution in [0.15, 0.2) is 0 Å². The average Bonchev–Trinajstić information content (AvgIpc) is 2.38. The van der Waals surface area contributed by atoms with Crippen molar-refractivity contribution in [1.29, 1.82) is 0 Å². The second kappa shape index (κ2) is 4.14. The zero-order chi connectivity index (χ0) is 7.40. The topological polar surface area (TPSA) is 3.24 Å². The second-order valence-corrected chi connectivity index (χ2v) is 5.86. The number of rotatable bonds is 3. The first kappa shape index (κ1) is 8.28. The molecule has 60 valence electrons. The molecule has 2 heteroatoms. The molecule has 0 aliphatic heterocycles. The predicted octanol–water partition coefficient (Wildman–Crippen LogP) is 1.38. The van der Waals surface area contributed by atoms with Crippen molar-refractivity contribution in [2.75, 3.05) is 7.05 Å². The lowest BCUT2D eigenvalue weighted by Gasteiger charge is -2.22. The average molecular weight is 157 g/mol. The Balaban J connectivity index is 2.18. The first-order chi connectivity index (χ1) is 4.84. The Labute approximate surface area is 66.7 Å². The largest absolute Gasteiger partial charge is 0.329 e. The summed E-state index contributed by atoms with van der Waals surface area (Å²) in [4.78, 5) is 0. The Morgan fingerprint density at radius 2 is 2.00 bits per heavy atom. The van der Waals surface area contributed by atoms with Gasteiger partial charge in [0.05, 0.1) is 9.68 Å². The van der Waals surface area contributed by atoms with Gasteiger partial charge in [-0.3, -0.25) is 0 Å². The standard InChI is InChI=1S/C8H19NSi/c1-3-10-9(2)8-6-4-5-7-8/h8H,3-7,10H2,1-2H3. The molecule has 0 radical (unpaired) electrons. The lowest BCUT2D eigenvalue weighted by molar-refractivity contribution is 0.392. The van der Waals surface area contributed by atoms with Gasteiger partial charge in [0, 0.05) is 6.04 Å². The van der Waals surface area contributed by atoms with E-state index in [4.69, 9.17) is 0 Å². The Morgan fingerprint density at radius 3 is 2.50 bits per heavy atom. The van der Waals surface area contributed by atoms with Crippen LogP contribution < -0.4 is 0 Å². The van der Waals surface area contributed by atoms with Crippen molar-refractivity contribution >= 4 is 9.68 Å². The van der Waals surface area contributed by atoms with Crippen LogP contribution in [0.4, 0.5) is 0 Å². The molecule has 1 nitrogen and oxygen atoms in total. The molecule has 0 unspecified atom stereocenters. The third-order valence-corrected chi connectivity index (χ3v) is 4.19. The van der Waals surface area contributed by atoms with E-state index in [0.29, 0.717) is 0 Å². The summed E-state index contributed by atoms with van der Waals surface area (Å²) in [7, 11) is 2.48. The first-order valence-electron chi connectivity index (χ1n) is 4.55. The summed E-state index contributed by atoms with van der Waals surface area (Å²) in [6, 6.07) is 2.42. The molecule has 0 amide bonds. The molecule has 1 rings (SSSR count). The van der Waals surface area contributed by atoms with Gasteiger partial charge in [0.15, 0.2) is 0 Å².